The van der Waals surface area contributed by atoms with E-state index in [1.165, 1.54) is 0 Å². The van der Waals surface area contributed by atoms with Crippen LogP contribution in [0.4, 0.5) is 5.69 Å². The SMILES string of the molecule is O=C(c1ccc(Cc2ccccc2)o1)N1CCC2(CC1)C(=O)NCN2c1ccccc1. The number of anilines is 1. The number of rotatable bonds is 4. The van der Waals surface area contributed by atoms with Gasteiger partial charge in [0.05, 0.1) is 6.67 Å². The lowest BCUT2D eigenvalue weighted by molar-refractivity contribution is -0.124. The van der Waals surface area contributed by atoms with Gasteiger partial charge in [-0.15, -0.1) is 0 Å². The number of para-hydroxylation sites is 1. The van der Waals surface area contributed by atoms with E-state index in [9.17, 15) is 9.59 Å². The summed E-state index contributed by atoms with van der Waals surface area (Å²) in [6.45, 7) is 1.53. The molecule has 158 valence electrons. The highest BCUT2D eigenvalue weighted by Gasteiger charge is 2.50. The van der Waals surface area contributed by atoms with E-state index in [2.05, 4.69) is 10.2 Å². The average molecular weight is 415 g/mol. The second kappa shape index (κ2) is 7.95. The average Bonchev–Trinajstić information content (AvgIpc) is 3.40. The highest BCUT2D eigenvalue weighted by atomic mass is 16.4. The van der Waals surface area contributed by atoms with Gasteiger partial charge in [-0.25, -0.2) is 0 Å². The van der Waals surface area contributed by atoms with E-state index in [1.54, 1.807) is 11.0 Å². The number of likely N-dealkylation sites (tertiary alicyclic amines) is 1. The van der Waals surface area contributed by atoms with Crippen molar-refractivity contribution in [2.45, 2.75) is 24.8 Å². The van der Waals surface area contributed by atoms with Crippen LogP contribution in [-0.2, 0) is 11.2 Å². The van der Waals surface area contributed by atoms with Gasteiger partial charge in [-0.2, -0.15) is 0 Å². The molecule has 6 heteroatoms. The molecule has 5 rings (SSSR count). The van der Waals surface area contributed by atoms with Crippen molar-refractivity contribution in [3.8, 4) is 0 Å². The molecule has 0 aliphatic carbocycles. The maximum absolute atomic E-state index is 13.0. The summed E-state index contributed by atoms with van der Waals surface area (Å²) in [5.74, 6) is 1.07. The molecule has 2 fully saturated rings. The summed E-state index contributed by atoms with van der Waals surface area (Å²) >= 11 is 0. The highest BCUT2D eigenvalue weighted by molar-refractivity contribution is 5.95. The first-order chi connectivity index (χ1) is 15.2. The Balaban J connectivity index is 1.27. The molecule has 31 heavy (non-hydrogen) atoms. The molecule has 0 saturated carbocycles. The standard InChI is InChI=1S/C25H25N3O3/c29-23(22-12-11-21(31-22)17-19-7-3-1-4-8-19)27-15-13-25(14-16-27)24(30)26-18-28(25)20-9-5-2-6-10-20/h1-12H,13-18H2,(H,26,30). The molecule has 1 aromatic heterocycles. The zero-order valence-corrected chi connectivity index (χ0v) is 17.3. The van der Waals surface area contributed by atoms with Gasteiger partial charge in [0.15, 0.2) is 5.76 Å². The third-order valence-corrected chi connectivity index (χ3v) is 6.38. The number of hydrogen-bond donors (Lipinski definition) is 1. The van der Waals surface area contributed by atoms with Gasteiger partial charge >= 0.3 is 0 Å². The van der Waals surface area contributed by atoms with Crippen molar-refractivity contribution in [1.29, 1.82) is 0 Å². The van der Waals surface area contributed by atoms with E-state index in [1.807, 2.05) is 66.7 Å². The first kappa shape index (κ1) is 19.4. The molecule has 2 aromatic carbocycles. The van der Waals surface area contributed by atoms with Crippen LogP contribution in [0.2, 0.25) is 0 Å². The fraction of sp³-hybridized carbons (Fsp3) is 0.280. The molecule has 1 N–H and O–H groups in total. The Morgan fingerprint density at radius 1 is 0.935 bits per heavy atom. The summed E-state index contributed by atoms with van der Waals surface area (Å²) in [5, 5.41) is 3.00. The van der Waals surface area contributed by atoms with Crippen molar-refractivity contribution in [1.82, 2.24) is 10.2 Å². The van der Waals surface area contributed by atoms with Crippen molar-refractivity contribution in [3.05, 3.63) is 89.9 Å². The van der Waals surface area contributed by atoms with E-state index in [-0.39, 0.29) is 11.8 Å². The Morgan fingerprint density at radius 3 is 2.32 bits per heavy atom. The minimum atomic E-state index is -0.597. The summed E-state index contributed by atoms with van der Waals surface area (Å²) in [6.07, 6.45) is 1.84. The van der Waals surface area contributed by atoms with Crippen molar-refractivity contribution in [3.63, 3.8) is 0 Å². The number of benzene rings is 2. The molecule has 0 bridgehead atoms. The summed E-state index contributed by atoms with van der Waals surface area (Å²) in [5.41, 5.74) is 1.57. The molecular formula is C25H25N3O3. The largest absolute Gasteiger partial charge is 0.456 e. The van der Waals surface area contributed by atoms with Gasteiger partial charge in [0, 0.05) is 25.2 Å². The van der Waals surface area contributed by atoms with Crippen molar-refractivity contribution in [2.24, 2.45) is 0 Å². The maximum atomic E-state index is 13.0. The summed E-state index contributed by atoms with van der Waals surface area (Å²) in [6, 6.07) is 23.6. The zero-order chi connectivity index (χ0) is 21.3. The normalized spacial score (nSPS) is 17.7. The monoisotopic (exact) mass is 415 g/mol. The number of carbonyl (C=O) groups is 2. The van der Waals surface area contributed by atoms with E-state index in [4.69, 9.17) is 4.42 Å². The van der Waals surface area contributed by atoms with Crippen LogP contribution in [-0.4, -0.2) is 42.0 Å². The summed E-state index contributed by atoms with van der Waals surface area (Å²) < 4.78 is 5.85. The molecule has 2 saturated heterocycles. The summed E-state index contributed by atoms with van der Waals surface area (Å²) in [7, 11) is 0. The van der Waals surface area contributed by atoms with E-state index in [0.717, 1.165) is 17.0 Å². The number of carbonyl (C=O) groups excluding carboxylic acids is 2. The zero-order valence-electron chi connectivity index (χ0n) is 17.3. The van der Waals surface area contributed by atoms with E-state index >= 15 is 0 Å². The van der Waals surface area contributed by atoms with Gasteiger partial charge in [0.1, 0.15) is 11.3 Å². The van der Waals surface area contributed by atoms with Crippen LogP contribution in [0.5, 0.6) is 0 Å². The van der Waals surface area contributed by atoms with Gasteiger partial charge in [-0.05, 0) is 42.7 Å². The number of piperidine rings is 1. The predicted molar refractivity (Wildman–Crippen MR) is 118 cm³/mol. The van der Waals surface area contributed by atoms with Gasteiger partial charge < -0.3 is 19.5 Å². The number of furan rings is 1. The van der Waals surface area contributed by atoms with Crippen LogP contribution in [0, 0.1) is 0 Å². The third-order valence-electron chi connectivity index (χ3n) is 6.38. The van der Waals surface area contributed by atoms with Crippen LogP contribution in [0.25, 0.3) is 0 Å². The lowest BCUT2D eigenvalue weighted by Crippen LogP contribution is -2.57. The molecule has 2 aliphatic rings. The van der Waals surface area contributed by atoms with Crippen LogP contribution in [0.15, 0.2) is 77.2 Å². The number of nitrogens with zero attached hydrogens (tertiary/aromatic N) is 2. The molecule has 2 aliphatic heterocycles. The summed E-state index contributed by atoms with van der Waals surface area (Å²) in [4.78, 5) is 29.7. The Labute approximate surface area is 181 Å². The van der Waals surface area contributed by atoms with E-state index in [0.29, 0.717) is 44.8 Å². The Morgan fingerprint density at radius 2 is 1.61 bits per heavy atom. The molecule has 1 spiro atoms. The first-order valence-electron chi connectivity index (χ1n) is 10.7. The van der Waals surface area contributed by atoms with Crippen LogP contribution >= 0.6 is 0 Å². The lowest BCUT2D eigenvalue weighted by Gasteiger charge is -2.43. The molecule has 6 nitrogen and oxygen atoms in total. The van der Waals surface area contributed by atoms with Crippen LogP contribution in [0.1, 0.15) is 34.7 Å². The minimum absolute atomic E-state index is 0.0478. The van der Waals surface area contributed by atoms with Gasteiger partial charge in [-0.1, -0.05) is 48.5 Å². The topological polar surface area (TPSA) is 65.8 Å². The lowest BCUT2D eigenvalue weighted by atomic mass is 9.85. The fourth-order valence-electron chi connectivity index (χ4n) is 4.65. The molecular weight excluding hydrogens is 390 g/mol. The van der Waals surface area contributed by atoms with E-state index < -0.39 is 5.54 Å². The molecule has 0 unspecified atom stereocenters. The van der Waals surface area contributed by atoms with Crippen LogP contribution < -0.4 is 10.2 Å². The smallest absolute Gasteiger partial charge is 0.289 e. The third kappa shape index (κ3) is 3.58. The minimum Gasteiger partial charge on any atom is -0.456 e. The molecule has 3 aromatic rings. The second-order valence-electron chi connectivity index (χ2n) is 8.18. The van der Waals surface area contributed by atoms with Crippen LogP contribution in [0.3, 0.4) is 0 Å². The molecule has 0 atom stereocenters. The van der Waals surface area contributed by atoms with Gasteiger partial charge in [0.25, 0.3) is 5.91 Å². The Kier molecular flexibility index (Phi) is 4.98. The van der Waals surface area contributed by atoms with Crippen molar-refractivity contribution < 1.29 is 14.0 Å². The van der Waals surface area contributed by atoms with Crippen molar-refractivity contribution in [2.75, 3.05) is 24.7 Å². The highest BCUT2D eigenvalue weighted by Crippen LogP contribution is 2.36. The van der Waals surface area contributed by atoms with Gasteiger partial charge in [0.2, 0.25) is 5.91 Å². The number of hydrogen-bond acceptors (Lipinski definition) is 4. The molecule has 3 heterocycles. The molecule has 0 radical (unpaired) electrons. The number of nitrogens with one attached hydrogen (secondary N) is 1. The maximum Gasteiger partial charge on any atom is 0.289 e. The Hall–Kier alpha value is -3.54. The quantitative estimate of drug-likeness (QED) is 0.709. The predicted octanol–water partition coefficient (Wildman–Crippen LogP) is 3.44. The second-order valence-corrected chi connectivity index (χ2v) is 8.18. The number of amides is 2. The Bertz CT molecular complexity index is 1070. The van der Waals surface area contributed by atoms with Crippen molar-refractivity contribution >= 4 is 17.5 Å². The fourth-order valence-corrected chi connectivity index (χ4v) is 4.65. The molecule has 2 amide bonds. The van der Waals surface area contributed by atoms with Gasteiger partial charge in [-0.3, -0.25) is 9.59 Å². The first-order valence-corrected chi connectivity index (χ1v) is 10.7.